The monoisotopic (exact) mass is 305 g/mol. The van der Waals surface area contributed by atoms with Crippen molar-refractivity contribution in [2.45, 2.75) is 19.9 Å². The van der Waals surface area contributed by atoms with Crippen LogP contribution < -0.4 is 5.32 Å². The number of carbonyl (C=O) groups excluding carboxylic acids is 1. The Morgan fingerprint density at radius 2 is 2.10 bits per heavy atom. The second kappa shape index (κ2) is 6.69. The Bertz CT molecular complexity index is 613. The molecule has 0 bridgehead atoms. The molecule has 0 aliphatic carbocycles. The lowest BCUT2D eigenvalue weighted by Crippen LogP contribution is -2.40. The molecule has 0 radical (unpaired) electrons. The van der Waals surface area contributed by atoms with E-state index in [0.29, 0.717) is 5.13 Å². The van der Waals surface area contributed by atoms with E-state index in [4.69, 9.17) is 5.11 Å². The minimum atomic E-state index is -0.273. The second-order valence-corrected chi connectivity index (χ2v) is 5.87. The fraction of sp³-hybridized carbons (Fsp3) is 0.333. The number of aryl methyl sites for hydroxylation is 1. The molecule has 2 N–H and O–H groups in total. The molecule has 6 heteroatoms. The molecule has 1 atom stereocenters. The molecule has 2 aromatic rings. The Morgan fingerprint density at radius 1 is 1.43 bits per heavy atom. The maximum Gasteiger partial charge on any atom is 0.323 e. The van der Waals surface area contributed by atoms with Crippen molar-refractivity contribution in [1.82, 2.24) is 9.88 Å². The molecule has 21 heavy (non-hydrogen) atoms. The number of hydrogen-bond donors (Lipinski definition) is 2. The highest BCUT2D eigenvalue weighted by Gasteiger charge is 2.17. The molecule has 0 saturated carbocycles. The highest BCUT2D eigenvalue weighted by Crippen LogP contribution is 2.32. The molecular weight excluding hydrogens is 286 g/mol. The van der Waals surface area contributed by atoms with Gasteiger partial charge in [-0.1, -0.05) is 41.7 Å². The maximum absolute atomic E-state index is 12.0. The third-order valence-corrected chi connectivity index (χ3v) is 4.41. The van der Waals surface area contributed by atoms with Crippen LogP contribution in [0.25, 0.3) is 10.4 Å². The first-order chi connectivity index (χ1) is 10.0. The van der Waals surface area contributed by atoms with Crippen molar-refractivity contribution in [2.75, 3.05) is 19.0 Å². The molecule has 1 heterocycles. The molecule has 1 aromatic carbocycles. The van der Waals surface area contributed by atoms with E-state index < -0.39 is 0 Å². The van der Waals surface area contributed by atoms with E-state index in [0.717, 1.165) is 16.1 Å². The first-order valence-electron chi connectivity index (χ1n) is 6.70. The van der Waals surface area contributed by atoms with Gasteiger partial charge in [0, 0.05) is 7.05 Å². The zero-order chi connectivity index (χ0) is 15.4. The number of aliphatic hydroxyl groups excluding tert-OH is 1. The normalized spacial score (nSPS) is 12.0. The fourth-order valence-electron chi connectivity index (χ4n) is 1.81. The lowest BCUT2D eigenvalue weighted by Gasteiger charge is -2.22. The van der Waals surface area contributed by atoms with Crippen LogP contribution in [0.15, 0.2) is 30.3 Å². The topological polar surface area (TPSA) is 65.5 Å². The smallest absolute Gasteiger partial charge is 0.323 e. The first kappa shape index (κ1) is 15.5. The van der Waals surface area contributed by atoms with E-state index in [1.165, 1.54) is 16.2 Å². The largest absolute Gasteiger partial charge is 0.394 e. The van der Waals surface area contributed by atoms with Gasteiger partial charge in [-0.15, -0.1) is 0 Å². The van der Waals surface area contributed by atoms with Crippen molar-refractivity contribution in [1.29, 1.82) is 0 Å². The number of urea groups is 1. The number of anilines is 1. The average Bonchev–Trinajstić information content (AvgIpc) is 2.87. The van der Waals surface area contributed by atoms with E-state index in [2.05, 4.69) is 10.3 Å². The van der Waals surface area contributed by atoms with Crippen LogP contribution in [-0.2, 0) is 0 Å². The van der Waals surface area contributed by atoms with Gasteiger partial charge in [0.05, 0.1) is 23.2 Å². The zero-order valence-electron chi connectivity index (χ0n) is 12.3. The van der Waals surface area contributed by atoms with Gasteiger partial charge in [-0.05, 0) is 19.4 Å². The average molecular weight is 305 g/mol. The minimum Gasteiger partial charge on any atom is -0.394 e. The number of amides is 2. The van der Waals surface area contributed by atoms with Crippen LogP contribution in [-0.4, -0.2) is 40.7 Å². The Labute approximate surface area is 128 Å². The summed E-state index contributed by atoms with van der Waals surface area (Å²) in [4.78, 5) is 18.9. The van der Waals surface area contributed by atoms with Crippen LogP contribution in [0.4, 0.5) is 9.93 Å². The Morgan fingerprint density at radius 3 is 2.71 bits per heavy atom. The highest BCUT2D eigenvalue weighted by atomic mass is 32.1. The van der Waals surface area contributed by atoms with Crippen molar-refractivity contribution in [2.24, 2.45) is 0 Å². The fourth-order valence-corrected chi connectivity index (χ4v) is 2.77. The van der Waals surface area contributed by atoms with E-state index >= 15 is 0 Å². The van der Waals surface area contributed by atoms with Crippen LogP contribution in [0, 0.1) is 6.92 Å². The predicted molar refractivity (Wildman–Crippen MR) is 85.6 cm³/mol. The number of benzene rings is 1. The quantitative estimate of drug-likeness (QED) is 0.912. The van der Waals surface area contributed by atoms with Crippen LogP contribution >= 0.6 is 11.3 Å². The van der Waals surface area contributed by atoms with Crippen LogP contribution in [0.5, 0.6) is 0 Å². The summed E-state index contributed by atoms with van der Waals surface area (Å²) in [6, 6.07) is 9.45. The van der Waals surface area contributed by atoms with E-state index in [-0.39, 0.29) is 18.7 Å². The Hall–Kier alpha value is -1.92. The number of aromatic nitrogens is 1. The van der Waals surface area contributed by atoms with Gasteiger partial charge in [0.25, 0.3) is 0 Å². The van der Waals surface area contributed by atoms with Crippen molar-refractivity contribution in [3.05, 3.63) is 36.0 Å². The van der Waals surface area contributed by atoms with Crippen molar-refractivity contribution in [3.63, 3.8) is 0 Å². The number of rotatable bonds is 4. The number of hydrogen-bond acceptors (Lipinski definition) is 4. The first-order valence-corrected chi connectivity index (χ1v) is 7.52. The molecule has 2 rings (SSSR count). The predicted octanol–water partition coefficient (Wildman–Crippen LogP) is 2.96. The molecule has 0 saturated heterocycles. The lowest BCUT2D eigenvalue weighted by molar-refractivity contribution is 0.166. The molecule has 0 aliphatic heterocycles. The van der Waals surface area contributed by atoms with E-state index in [1.807, 2.05) is 37.3 Å². The third-order valence-electron chi connectivity index (χ3n) is 3.29. The molecule has 0 fully saturated rings. The molecule has 112 valence electrons. The third kappa shape index (κ3) is 3.59. The van der Waals surface area contributed by atoms with Crippen LogP contribution in [0.2, 0.25) is 0 Å². The number of nitrogens with zero attached hydrogens (tertiary/aromatic N) is 2. The van der Waals surface area contributed by atoms with E-state index in [9.17, 15) is 4.79 Å². The summed E-state index contributed by atoms with van der Waals surface area (Å²) in [6.07, 6.45) is 0. The maximum atomic E-state index is 12.0. The zero-order valence-corrected chi connectivity index (χ0v) is 13.1. The van der Waals surface area contributed by atoms with Gasteiger partial charge in [0.15, 0.2) is 5.13 Å². The van der Waals surface area contributed by atoms with Gasteiger partial charge < -0.3 is 10.0 Å². The number of likely N-dealkylation sites (N-methyl/N-ethyl adjacent to an activating group) is 1. The van der Waals surface area contributed by atoms with Crippen molar-refractivity contribution in [3.8, 4) is 10.4 Å². The van der Waals surface area contributed by atoms with Gasteiger partial charge in [0.2, 0.25) is 0 Å². The number of carbonyl (C=O) groups is 1. The number of nitrogens with one attached hydrogen (secondary N) is 1. The Balaban J connectivity index is 2.15. The standard InChI is InChI=1S/C15H19N3O2S/c1-10(9-19)18(3)15(20)17-14-16-11(2)13(21-14)12-7-5-4-6-8-12/h4-8,10,19H,9H2,1-3H3,(H,16,17,20). The summed E-state index contributed by atoms with van der Waals surface area (Å²) < 4.78 is 0. The molecule has 1 unspecified atom stereocenters. The molecule has 0 aliphatic rings. The molecule has 5 nitrogen and oxygen atoms in total. The summed E-state index contributed by atoms with van der Waals surface area (Å²) in [5.74, 6) is 0. The summed E-state index contributed by atoms with van der Waals surface area (Å²) >= 11 is 1.45. The number of aliphatic hydroxyl groups is 1. The van der Waals surface area contributed by atoms with Gasteiger partial charge in [-0.3, -0.25) is 5.32 Å². The summed E-state index contributed by atoms with van der Waals surface area (Å²) in [6.45, 7) is 3.63. The SMILES string of the molecule is Cc1nc(NC(=O)N(C)C(C)CO)sc1-c1ccccc1. The van der Waals surface area contributed by atoms with Gasteiger partial charge in [0.1, 0.15) is 0 Å². The van der Waals surface area contributed by atoms with E-state index in [1.54, 1.807) is 14.0 Å². The lowest BCUT2D eigenvalue weighted by atomic mass is 10.2. The Kier molecular flexibility index (Phi) is 4.93. The van der Waals surface area contributed by atoms with Gasteiger partial charge >= 0.3 is 6.03 Å². The van der Waals surface area contributed by atoms with Crippen molar-refractivity contribution < 1.29 is 9.90 Å². The molecular formula is C15H19N3O2S. The summed E-state index contributed by atoms with van der Waals surface area (Å²) in [7, 11) is 1.65. The van der Waals surface area contributed by atoms with Crippen molar-refractivity contribution >= 4 is 22.5 Å². The second-order valence-electron chi connectivity index (χ2n) is 4.87. The van der Waals surface area contributed by atoms with Crippen LogP contribution in [0.3, 0.4) is 0 Å². The molecule has 1 aromatic heterocycles. The molecule has 2 amide bonds. The summed E-state index contributed by atoms with van der Waals surface area (Å²) in [5.41, 5.74) is 1.98. The van der Waals surface area contributed by atoms with Gasteiger partial charge in [-0.25, -0.2) is 9.78 Å². The summed E-state index contributed by atoms with van der Waals surface area (Å²) in [5, 5.41) is 12.4. The highest BCUT2D eigenvalue weighted by molar-refractivity contribution is 7.19. The number of thiazole rings is 1. The minimum absolute atomic E-state index is 0.0733. The van der Waals surface area contributed by atoms with Gasteiger partial charge in [-0.2, -0.15) is 0 Å². The van der Waals surface area contributed by atoms with Crippen LogP contribution in [0.1, 0.15) is 12.6 Å². The molecule has 0 spiro atoms.